The lowest BCUT2D eigenvalue weighted by Gasteiger charge is -2.13. The minimum Gasteiger partial charge on any atom is -0.313 e. The zero-order chi connectivity index (χ0) is 15.1. The Bertz CT molecular complexity index is 569. The summed E-state index contributed by atoms with van der Waals surface area (Å²) in [6.45, 7) is 5.21. The quantitative estimate of drug-likeness (QED) is 0.598. The van der Waals surface area contributed by atoms with Crippen LogP contribution in [0.3, 0.4) is 0 Å². The molecule has 0 atom stereocenters. The third-order valence-corrected chi connectivity index (χ3v) is 4.30. The van der Waals surface area contributed by atoms with Crippen LogP contribution in [0.4, 0.5) is 0 Å². The highest BCUT2D eigenvalue weighted by atomic mass is 32.2. The molecule has 2 rings (SSSR count). The molecular weight excluding hydrogens is 278 g/mol. The maximum atomic E-state index is 4.86. The lowest BCUT2D eigenvalue weighted by atomic mass is 10.1. The maximum Gasteiger partial charge on any atom is 0.101 e. The third-order valence-electron chi connectivity index (χ3n) is 3.28. The topological polar surface area (TPSA) is 28.2 Å². The van der Waals surface area contributed by atoms with E-state index in [4.69, 9.17) is 4.98 Å². The van der Waals surface area contributed by atoms with Crippen LogP contribution in [0.25, 0.3) is 10.9 Å². The number of nitrogens with zero attached hydrogens (tertiary/aromatic N) is 2. The normalized spacial score (nSPS) is 11.4. The average Bonchev–Trinajstić information content (AvgIpc) is 2.47. The molecule has 0 unspecified atom stereocenters. The molecule has 0 fully saturated rings. The molecule has 21 heavy (non-hydrogen) atoms. The molecule has 0 radical (unpaired) electrons. The van der Waals surface area contributed by atoms with Gasteiger partial charge in [-0.05, 0) is 44.8 Å². The number of para-hydroxylation sites is 1. The molecule has 0 aliphatic rings. The summed E-state index contributed by atoms with van der Waals surface area (Å²) >= 11 is 1.86. The van der Waals surface area contributed by atoms with E-state index in [1.807, 2.05) is 11.8 Å². The lowest BCUT2D eigenvalue weighted by Crippen LogP contribution is -2.16. The van der Waals surface area contributed by atoms with Crippen molar-refractivity contribution in [3.05, 3.63) is 35.9 Å². The lowest BCUT2D eigenvalue weighted by molar-refractivity contribution is 0.437. The SMILES string of the molecule is CCCNCc1cc2ccccc2nc1SCCN(C)C. The van der Waals surface area contributed by atoms with Gasteiger partial charge in [0.25, 0.3) is 0 Å². The molecule has 1 N–H and O–H groups in total. The standard InChI is InChI=1S/C17H25N3S/c1-4-9-18-13-15-12-14-7-5-6-8-16(14)19-17(15)21-11-10-20(2)3/h5-8,12,18H,4,9-11,13H2,1-3H3. The Hall–Kier alpha value is -1.10. The number of nitrogens with one attached hydrogen (secondary N) is 1. The molecule has 0 bridgehead atoms. The number of hydrogen-bond donors (Lipinski definition) is 1. The summed E-state index contributed by atoms with van der Waals surface area (Å²) in [5.74, 6) is 1.07. The van der Waals surface area contributed by atoms with Gasteiger partial charge in [0.1, 0.15) is 5.03 Å². The fraction of sp³-hybridized carbons (Fsp3) is 0.471. The average molecular weight is 303 g/mol. The van der Waals surface area contributed by atoms with E-state index in [2.05, 4.69) is 61.6 Å². The van der Waals surface area contributed by atoms with E-state index in [1.165, 1.54) is 16.0 Å². The van der Waals surface area contributed by atoms with Crippen molar-refractivity contribution >= 4 is 22.7 Å². The molecule has 0 aliphatic carbocycles. The first-order valence-electron chi connectivity index (χ1n) is 7.57. The minimum absolute atomic E-state index is 0.899. The van der Waals surface area contributed by atoms with Crippen molar-refractivity contribution in [3.63, 3.8) is 0 Å². The summed E-state index contributed by atoms with van der Waals surface area (Å²) in [4.78, 5) is 7.07. The van der Waals surface area contributed by atoms with Crippen molar-refractivity contribution in [2.75, 3.05) is 32.9 Å². The van der Waals surface area contributed by atoms with Crippen LogP contribution in [0, 0.1) is 0 Å². The summed E-state index contributed by atoms with van der Waals surface area (Å²) in [7, 11) is 4.22. The van der Waals surface area contributed by atoms with E-state index in [1.54, 1.807) is 0 Å². The molecule has 0 amide bonds. The summed E-state index contributed by atoms with van der Waals surface area (Å²) in [5, 5.41) is 5.88. The van der Waals surface area contributed by atoms with Gasteiger partial charge >= 0.3 is 0 Å². The third kappa shape index (κ3) is 4.99. The first-order chi connectivity index (χ1) is 10.2. The van der Waals surface area contributed by atoms with Gasteiger partial charge in [0, 0.05) is 24.2 Å². The van der Waals surface area contributed by atoms with Crippen LogP contribution in [-0.4, -0.2) is 42.8 Å². The first-order valence-corrected chi connectivity index (χ1v) is 8.56. The molecule has 0 saturated heterocycles. The first kappa shape index (κ1) is 16.3. The largest absolute Gasteiger partial charge is 0.313 e. The fourth-order valence-corrected chi connectivity index (χ4v) is 3.25. The number of aromatic nitrogens is 1. The van der Waals surface area contributed by atoms with Crippen molar-refractivity contribution in [2.45, 2.75) is 24.9 Å². The smallest absolute Gasteiger partial charge is 0.101 e. The van der Waals surface area contributed by atoms with Crippen molar-refractivity contribution in [2.24, 2.45) is 0 Å². The number of pyridine rings is 1. The second-order valence-electron chi connectivity index (χ2n) is 5.47. The predicted octanol–water partition coefficient (Wildman–Crippen LogP) is 3.39. The van der Waals surface area contributed by atoms with Gasteiger partial charge in [-0.2, -0.15) is 0 Å². The van der Waals surface area contributed by atoms with Gasteiger partial charge in [-0.3, -0.25) is 0 Å². The highest BCUT2D eigenvalue weighted by Gasteiger charge is 2.07. The molecule has 1 aromatic carbocycles. The van der Waals surface area contributed by atoms with Crippen LogP contribution in [0.5, 0.6) is 0 Å². The number of thioether (sulfide) groups is 1. The predicted molar refractivity (Wildman–Crippen MR) is 93.0 cm³/mol. The zero-order valence-corrected chi connectivity index (χ0v) is 14.0. The highest BCUT2D eigenvalue weighted by molar-refractivity contribution is 7.99. The zero-order valence-electron chi connectivity index (χ0n) is 13.2. The number of rotatable bonds is 8. The number of fused-ring (bicyclic) bond motifs is 1. The summed E-state index contributed by atoms with van der Waals surface area (Å²) < 4.78 is 0. The number of benzene rings is 1. The van der Waals surface area contributed by atoms with E-state index in [9.17, 15) is 0 Å². The van der Waals surface area contributed by atoms with Gasteiger partial charge < -0.3 is 10.2 Å². The van der Waals surface area contributed by atoms with Crippen molar-refractivity contribution in [3.8, 4) is 0 Å². The molecule has 1 aromatic heterocycles. The van der Waals surface area contributed by atoms with Crippen LogP contribution in [0.2, 0.25) is 0 Å². The highest BCUT2D eigenvalue weighted by Crippen LogP contribution is 2.25. The Balaban J connectivity index is 2.18. The molecule has 4 heteroatoms. The van der Waals surface area contributed by atoms with Gasteiger partial charge in [0.05, 0.1) is 5.52 Å². The van der Waals surface area contributed by atoms with Gasteiger partial charge in [-0.25, -0.2) is 4.98 Å². The second-order valence-corrected chi connectivity index (χ2v) is 6.56. The van der Waals surface area contributed by atoms with Gasteiger partial charge in [-0.15, -0.1) is 11.8 Å². The van der Waals surface area contributed by atoms with Crippen molar-refractivity contribution in [1.29, 1.82) is 0 Å². The van der Waals surface area contributed by atoms with Crippen molar-refractivity contribution < 1.29 is 0 Å². The Morgan fingerprint density at radius 3 is 2.81 bits per heavy atom. The van der Waals surface area contributed by atoms with E-state index < -0.39 is 0 Å². The van der Waals surface area contributed by atoms with Crippen LogP contribution in [0.15, 0.2) is 35.4 Å². The molecule has 2 aromatic rings. The monoisotopic (exact) mass is 303 g/mol. The number of hydrogen-bond acceptors (Lipinski definition) is 4. The maximum absolute atomic E-state index is 4.86. The van der Waals surface area contributed by atoms with Crippen molar-refractivity contribution in [1.82, 2.24) is 15.2 Å². The van der Waals surface area contributed by atoms with Gasteiger partial charge in [0.15, 0.2) is 0 Å². The van der Waals surface area contributed by atoms with Crippen LogP contribution in [-0.2, 0) is 6.54 Å². The van der Waals surface area contributed by atoms with Crippen LogP contribution < -0.4 is 5.32 Å². The minimum atomic E-state index is 0.899. The van der Waals surface area contributed by atoms with Crippen LogP contribution >= 0.6 is 11.8 Å². The van der Waals surface area contributed by atoms with Gasteiger partial charge in [0.2, 0.25) is 0 Å². The second kappa shape index (κ2) is 8.37. The fourth-order valence-electron chi connectivity index (χ4n) is 2.12. The molecule has 1 heterocycles. The molecule has 114 valence electrons. The summed E-state index contributed by atoms with van der Waals surface area (Å²) in [5.41, 5.74) is 2.40. The molecule has 3 nitrogen and oxygen atoms in total. The summed E-state index contributed by atoms with van der Waals surface area (Å²) in [6, 6.07) is 10.6. The van der Waals surface area contributed by atoms with E-state index in [0.717, 1.165) is 37.3 Å². The Morgan fingerprint density at radius 2 is 2.05 bits per heavy atom. The van der Waals surface area contributed by atoms with E-state index in [-0.39, 0.29) is 0 Å². The van der Waals surface area contributed by atoms with E-state index in [0.29, 0.717) is 0 Å². The Labute approximate surface area is 132 Å². The molecule has 0 aliphatic heterocycles. The summed E-state index contributed by atoms with van der Waals surface area (Å²) in [6.07, 6.45) is 1.16. The Kier molecular flexibility index (Phi) is 6.49. The molecule has 0 spiro atoms. The van der Waals surface area contributed by atoms with E-state index >= 15 is 0 Å². The molecular formula is C17H25N3S. The van der Waals surface area contributed by atoms with Crippen LogP contribution in [0.1, 0.15) is 18.9 Å². The Morgan fingerprint density at radius 1 is 1.24 bits per heavy atom. The van der Waals surface area contributed by atoms with Gasteiger partial charge in [-0.1, -0.05) is 25.1 Å². The molecule has 0 saturated carbocycles.